The second-order valence-electron chi connectivity index (χ2n) is 4.11. The van der Waals surface area contributed by atoms with Gasteiger partial charge in [-0.3, -0.25) is 4.79 Å². The number of carbonyl (C=O) groups is 3. The van der Waals surface area contributed by atoms with Crippen LogP contribution in [0.3, 0.4) is 0 Å². The summed E-state index contributed by atoms with van der Waals surface area (Å²) in [6.07, 6.45) is 2.65. The minimum atomic E-state index is -1.42. The summed E-state index contributed by atoms with van der Waals surface area (Å²) in [4.78, 5) is 34.6. The molecule has 1 saturated carbocycles. The van der Waals surface area contributed by atoms with E-state index >= 15 is 0 Å². The number of aliphatic carboxylic acids is 2. The fourth-order valence-corrected chi connectivity index (χ4v) is 1.53. The quantitative estimate of drug-likeness (QED) is 0.567. The third-order valence-electron chi connectivity index (χ3n) is 2.55. The molecule has 1 atom stereocenters. The molecule has 7 nitrogen and oxygen atoms in total. The molecule has 3 N–H and O–H groups in total. The Morgan fingerprint density at radius 1 is 1.39 bits per heavy atom. The predicted molar refractivity (Wildman–Crippen MR) is 62.1 cm³/mol. The maximum atomic E-state index is 11.8. The van der Waals surface area contributed by atoms with Crippen LogP contribution in [-0.2, 0) is 9.59 Å². The third-order valence-corrected chi connectivity index (χ3v) is 2.55. The van der Waals surface area contributed by atoms with Crippen molar-refractivity contribution in [3.8, 4) is 0 Å². The average Bonchev–Trinajstić information content (AvgIpc) is 3.07. The summed E-state index contributed by atoms with van der Waals surface area (Å²) < 4.78 is 0. The Bertz CT molecular complexity index is 364. The fraction of sp³-hybridized carbons (Fsp3) is 0.545. The second-order valence-corrected chi connectivity index (χ2v) is 4.11. The first-order valence-corrected chi connectivity index (χ1v) is 5.58. The first kappa shape index (κ1) is 14.0. The lowest BCUT2D eigenvalue weighted by Gasteiger charge is -2.23. The molecular weight excluding hydrogens is 240 g/mol. The highest BCUT2D eigenvalue weighted by Crippen LogP contribution is 2.26. The van der Waals surface area contributed by atoms with Crippen LogP contribution in [0.4, 0.5) is 4.79 Å². The van der Waals surface area contributed by atoms with Crippen LogP contribution in [0, 0.1) is 0 Å². The van der Waals surface area contributed by atoms with Gasteiger partial charge < -0.3 is 20.4 Å². The van der Waals surface area contributed by atoms with Crippen LogP contribution in [0.2, 0.25) is 0 Å². The fourth-order valence-electron chi connectivity index (χ4n) is 1.53. The van der Waals surface area contributed by atoms with E-state index in [2.05, 4.69) is 11.9 Å². The molecule has 1 aliphatic carbocycles. The number of hydrogen-bond acceptors (Lipinski definition) is 3. The Morgan fingerprint density at radius 3 is 2.39 bits per heavy atom. The molecule has 18 heavy (non-hydrogen) atoms. The molecule has 0 bridgehead atoms. The molecule has 0 heterocycles. The lowest BCUT2D eigenvalue weighted by atomic mass is 10.2. The van der Waals surface area contributed by atoms with Crippen molar-refractivity contribution in [3.63, 3.8) is 0 Å². The van der Waals surface area contributed by atoms with Crippen LogP contribution in [0.5, 0.6) is 0 Å². The molecule has 1 fully saturated rings. The van der Waals surface area contributed by atoms with Crippen molar-refractivity contribution < 1.29 is 24.6 Å². The van der Waals surface area contributed by atoms with E-state index in [0.717, 1.165) is 12.8 Å². The van der Waals surface area contributed by atoms with E-state index in [0.29, 0.717) is 6.54 Å². The average molecular weight is 256 g/mol. The van der Waals surface area contributed by atoms with Gasteiger partial charge in [-0.1, -0.05) is 6.08 Å². The Kier molecular flexibility index (Phi) is 4.70. The smallest absolute Gasteiger partial charge is 0.326 e. The SMILES string of the molecule is C=CCN(C(=O)NC(CC(=O)O)C(=O)O)C1CC1. The van der Waals surface area contributed by atoms with Crippen molar-refractivity contribution in [3.05, 3.63) is 12.7 Å². The number of urea groups is 1. The van der Waals surface area contributed by atoms with Crippen LogP contribution in [0.1, 0.15) is 19.3 Å². The molecule has 1 rings (SSSR count). The molecule has 2 amide bonds. The number of carboxylic acid groups (broad SMARTS) is 2. The zero-order valence-corrected chi connectivity index (χ0v) is 9.83. The maximum absolute atomic E-state index is 11.8. The van der Waals surface area contributed by atoms with Crippen molar-refractivity contribution in [2.24, 2.45) is 0 Å². The van der Waals surface area contributed by atoms with Crippen molar-refractivity contribution in [2.45, 2.75) is 31.3 Å². The molecule has 1 unspecified atom stereocenters. The van der Waals surface area contributed by atoms with Crippen LogP contribution < -0.4 is 5.32 Å². The van der Waals surface area contributed by atoms with Crippen LogP contribution >= 0.6 is 0 Å². The minimum Gasteiger partial charge on any atom is -0.481 e. The lowest BCUT2D eigenvalue weighted by Crippen LogP contribution is -2.49. The van der Waals surface area contributed by atoms with E-state index in [9.17, 15) is 14.4 Å². The Morgan fingerprint density at radius 2 is 2.00 bits per heavy atom. The number of rotatable bonds is 7. The van der Waals surface area contributed by atoms with Crippen molar-refractivity contribution in [1.29, 1.82) is 0 Å². The number of nitrogens with one attached hydrogen (secondary N) is 1. The van der Waals surface area contributed by atoms with E-state index in [1.165, 1.54) is 4.90 Å². The van der Waals surface area contributed by atoms with Gasteiger partial charge in [0.05, 0.1) is 6.42 Å². The highest BCUT2D eigenvalue weighted by molar-refractivity contribution is 5.86. The highest BCUT2D eigenvalue weighted by Gasteiger charge is 2.34. The second kappa shape index (κ2) is 6.04. The van der Waals surface area contributed by atoms with E-state index in [4.69, 9.17) is 10.2 Å². The summed E-state index contributed by atoms with van der Waals surface area (Å²) in [6, 6.07) is -1.88. The molecule has 0 aromatic rings. The molecule has 0 spiro atoms. The summed E-state index contributed by atoms with van der Waals surface area (Å²) >= 11 is 0. The molecule has 7 heteroatoms. The zero-order valence-electron chi connectivity index (χ0n) is 9.83. The number of carbonyl (C=O) groups excluding carboxylic acids is 1. The summed E-state index contributed by atoms with van der Waals surface area (Å²) in [5.74, 6) is -2.63. The minimum absolute atomic E-state index is 0.0993. The monoisotopic (exact) mass is 256 g/mol. The molecule has 0 aromatic carbocycles. The van der Waals surface area contributed by atoms with Gasteiger partial charge in [0.1, 0.15) is 6.04 Å². The lowest BCUT2D eigenvalue weighted by molar-refractivity contribution is -0.145. The van der Waals surface area contributed by atoms with E-state index in [1.807, 2.05) is 0 Å². The molecule has 0 aliphatic heterocycles. The Labute approximate surface area is 104 Å². The van der Waals surface area contributed by atoms with E-state index in [-0.39, 0.29) is 6.04 Å². The van der Waals surface area contributed by atoms with Crippen LogP contribution in [0.25, 0.3) is 0 Å². The normalized spacial score (nSPS) is 15.6. The summed E-state index contributed by atoms with van der Waals surface area (Å²) in [5, 5.41) is 19.6. The van der Waals surface area contributed by atoms with Gasteiger partial charge in [0.15, 0.2) is 0 Å². The Hall–Kier alpha value is -2.05. The number of amides is 2. The van der Waals surface area contributed by atoms with E-state index < -0.39 is 30.4 Å². The first-order valence-electron chi connectivity index (χ1n) is 5.58. The standard InChI is InChI=1S/C11H16N2O5/c1-2-5-13(7-3-4-7)11(18)12-8(10(16)17)6-9(14)15/h2,7-8H,1,3-6H2,(H,12,18)(H,14,15)(H,16,17). The van der Waals surface area contributed by atoms with Crippen LogP contribution in [0.15, 0.2) is 12.7 Å². The molecule has 0 saturated heterocycles. The molecule has 1 aliphatic rings. The summed E-state index contributed by atoms with van der Waals surface area (Å²) in [5.41, 5.74) is 0. The molecule has 0 radical (unpaired) electrons. The van der Waals surface area contributed by atoms with Gasteiger partial charge in [0.25, 0.3) is 0 Å². The van der Waals surface area contributed by atoms with Crippen molar-refractivity contribution >= 4 is 18.0 Å². The van der Waals surface area contributed by atoms with Gasteiger partial charge >= 0.3 is 18.0 Å². The van der Waals surface area contributed by atoms with Gasteiger partial charge in [0, 0.05) is 12.6 Å². The summed E-state index contributed by atoms with van der Waals surface area (Å²) in [6.45, 7) is 3.84. The maximum Gasteiger partial charge on any atom is 0.326 e. The van der Waals surface area contributed by atoms with Gasteiger partial charge in [-0.2, -0.15) is 0 Å². The number of hydrogen-bond donors (Lipinski definition) is 3. The highest BCUT2D eigenvalue weighted by atomic mass is 16.4. The van der Waals surface area contributed by atoms with E-state index in [1.54, 1.807) is 6.08 Å². The predicted octanol–water partition coefficient (Wildman–Crippen LogP) is 0.274. The molecule has 0 aromatic heterocycles. The largest absolute Gasteiger partial charge is 0.481 e. The topological polar surface area (TPSA) is 107 Å². The van der Waals surface area contributed by atoms with Gasteiger partial charge in [-0.15, -0.1) is 6.58 Å². The zero-order chi connectivity index (χ0) is 13.7. The number of carboxylic acids is 2. The van der Waals surface area contributed by atoms with Crippen LogP contribution in [-0.4, -0.2) is 51.7 Å². The van der Waals surface area contributed by atoms with Gasteiger partial charge in [-0.25, -0.2) is 9.59 Å². The Balaban J connectivity index is 2.60. The van der Waals surface area contributed by atoms with Gasteiger partial charge in [-0.05, 0) is 12.8 Å². The van der Waals surface area contributed by atoms with Crippen molar-refractivity contribution in [1.82, 2.24) is 10.2 Å². The molecular formula is C11H16N2O5. The first-order chi connectivity index (χ1) is 8.45. The molecule has 100 valence electrons. The number of nitrogens with zero attached hydrogens (tertiary/aromatic N) is 1. The van der Waals surface area contributed by atoms with Crippen molar-refractivity contribution in [2.75, 3.05) is 6.54 Å². The third kappa shape index (κ3) is 4.08. The van der Waals surface area contributed by atoms with Gasteiger partial charge in [0.2, 0.25) is 0 Å². The summed E-state index contributed by atoms with van der Waals surface area (Å²) in [7, 11) is 0.